The molecule has 4 aromatic rings. The van der Waals surface area contributed by atoms with E-state index in [0.717, 1.165) is 47.7 Å². The van der Waals surface area contributed by atoms with Crippen LogP contribution < -0.4 is 15.5 Å². The van der Waals surface area contributed by atoms with Gasteiger partial charge in [-0.15, -0.1) is 0 Å². The number of piperazine rings is 1. The third-order valence-corrected chi connectivity index (χ3v) is 5.90. The Kier molecular flexibility index (Phi) is 4.78. The SMILES string of the molecule is CC(C)c1ccc2ccc3cnc(Nc4ccc(N5CCNC(C)(C)C5)cn4)nc3n12. The van der Waals surface area contributed by atoms with Crippen molar-refractivity contribution in [2.45, 2.75) is 39.2 Å². The van der Waals surface area contributed by atoms with Gasteiger partial charge in [-0.05, 0) is 56.2 Å². The topological polar surface area (TPSA) is 70.4 Å². The smallest absolute Gasteiger partial charge is 0.230 e. The van der Waals surface area contributed by atoms with Gasteiger partial charge in [-0.2, -0.15) is 4.98 Å². The van der Waals surface area contributed by atoms with Crippen LogP contribution in [-0.4, -0.2) is 44.5 Å². The first-order valence-corrected chi connectivity index (χ1v) is 10.9. The molecule has 1 aliphatic heterocycles. The van der Waals surface area contributed by atoms with Gasteiger partial charge in [-0.1, -0.05) is 13.8 Å². The lowest BCUT2D eigenvalue weighted by atomic mass is 10.0. The molecule has 5 rings (SSSR count). The second kappa shape index (κ2) is 7.50. The molecular weight excluding hydrogens is 386 g/mol. The molecule has 0 spiro atoms. The molecule has 1 fully saturated rings. The molecule has 0 unspecified atom stereocenters. The average Bonchev–Trinajstić information content (AvgIpc) is 3.19. The number of hydrogen-bond acceptors (Lipinski definition) is 6. The zero-order chi connectivity index (χ0) is 21.6. The van der Waals surface area contributed by atoms with Crippen molar-refractivity contribution in [1.82, 2.24) is 24.7 Å². The molecule has 31 heavy (non-hydrogen) atoms. The van der Waals surface area contributed by atoms with Crippen molar-refractivity contribution in [2.24, 2.45) is 0 Å². The Balaban J connectivity index is 1.42. The normalized spacial score (nSPS) is 16.4. The molecule has 0 atom stereocenters. The van der Waals surface area contributed by atoms with Gasteiger partial charge < -0.3 is 15.5 Å². The minimum Gasteiger partial charge on any atom is -0.367 e. The molecule has 2 N–H and O–H groups in total. The molecule has 0 amide bonds. The number of aromatic nitrogens is 4. The molecule has 4 aromatic heterocycles. The third kappa shape index (κ3) is 3.81. The predicted octanol–water partition coefficient (Wildman–Crippen LogP) is 4.33. The van der Waals surface area contributed by atoms with E-state index in [1.165, 1.54) is 5.69 Å². The van der Waals surface area contributed by atoms with Crippen LogP contribution in [0, 0.1) is 0 Å². The number of nitrogens with zero attached hydrogens (tertiary/aromatic N) is 5. The number of fused-ring (bicyclic) bond motifs is 3. The van der Waals surface area contributed by atoms with Gasteiger partial charge in [-0.25, -0.2) is 9.97 Å². The maximum atomic E-state index is 4.83. The van der Waals surface area contributed by atoms with Crippen LogP contribution in [-0.2, 0) is 0 Å². The van der Waals surface area contributed by atoms with Crippen LogP contribution in [0.25, 0.3) is 16.6 Å². The van der Waals surface area contributed by atoms with Gasteiger partial charge in [0.15, 0.2) is 0 Å². The third-order valence-electron chi connectivity index (χ3n) is 5.90. The molecule has 0 saturated carbocycles. The first-order chi connectivity index (χ1) is 14.9. The second-order valence-corrected chi connectivity index (χ2v) is 9.24. The fourth-order valence-electron chi connectivity index (χ4n) is 4.33. The van der Waals surface area contributed by atoms with Gasteiger partial charge in [0, 0.05) is 48.0 Å². The number of nitrogens with one attached hydrogen (secondary N) is 2. The summed E-state index contributed by atoms with van der Waals surface area (Å²) in [4.78, 5) is 16.3. The van der Waals surface area contributed by atoms with E-state index in [1.54, 1.807) is 0 Å². The zero-order valence-electron chi connectivity index (χ0n) is 18.6. The average molecular weight is 416 g/mol. The van der Waals surface area contributed by atoms with Gasteiger partial charge in [0.2, 0.25) is 5.95 Å². The summed E-state index contributed by atoms with van der Waals surface area (Å²) in [5, 5.41) is 7.83. The van der Waals surface area contributed by atoms with Gasteiger partial charge in [0.25, 0.3) is 0 Å². The summed E-state index contributed by atoms with van der Waals surface area (Å²) in [5.74, 6) is 1.69. The largest absolute Gasteiger partial charge is 0.367 e. The van der Waals surface area contributed by atoms with Crippen molar-refractivity contribution in [3.63, 3.8) is 0 Å². The maximum Gasteiger partial charge on any atom is 0.230 e. The molecule has 7 heteroatoms. The molecule has 0 radical (unpaired) electrons. The van der Waals surface area contributed by atoms with Crippen LogP contribution in [0.15, 0.2) is 48.8 Å². The summed E-state index contributed by atoms with van der Waals surface area (Å²) in [6, 6.07) is 12.6. The molecular formula is C24H29N7. The van der Waals surface area contributed by atoms with E-state index in [9.17, 15) is 0 Å². The Bertz CT molecular complexity index is 1220. The Morgan fingerprint density at radius 3 is 2.61 bits per heavy atom. The van der Waals surface area contributed by atoms with E-state index < -0.39 is 0 Å². The summed E-state index contributed by atoms with van der Waals surface area (Å²) >= 11 is 0. The van der Waals surface area contributed by atoms with Crippen molar-refractivity contribution in [2.75, 3.05) is 29.9 Å². The highest BCUT2D eigenvalue weighted by Gasteiger charge is 2.25. The van der Waals surface area contributed by atoms with Crippen LogP contribution >= 0.6 is 0 Å². The lowest BCUT2D eigenvalue weighted by Gasteiger charge is -2.40. The lowest BCUT2D eigenvalue weighted by Crippen LogP contribution is -2.57. The van der Waals surface area contributed by atoms with E-state index in [2.05, 4.69) is 87.9 Å². The summed E-state index contributed by atoms with van der Waals surface area (Å²) in [5.41, 5.74) is 4.53. The molecule has 0 bridgehead atoms. The predicted molar refractivity (Wildman–Crippen MR) is 126 cm³/mol. The highest BCUT2D eigenvalue weighted by molar-refractivity contribution is 5.80. The number of hydrogen-bond donors (Lipinski definition) is 2. The fourth-order valence-corrected chi connectivity index (χ4v) is 4.33. The molecule has 1 saturated heterocycles. The van der Waals surface area contributed by atoms with Gasteiger partial charge in [-0.3, -0.25) is 4.40 Å². The maximum absolute atomic E-state index is 4.83. The van der Waals surface area contributed by atoms with E-state index >= 15 is 0 Å². The highest BCUT2D eigenvalue weighted by atomic mass is 15.2. The van der Waals surface area contributed by atoms with E-state index in [-0.39, 0.29) is 5.54 Å². The fraction of sp³-hybridized carbons (Fsp3) is 0.375. The Morgan fingerprint density at radius 2 is 1.87 bits per heavy atom. The molecule has 1 aliphatic rings. The van der Waals surface area contributed by atoms with Crippen LogP contribution in [0.4, 0.5) is 17.5 Å². The minimum atomic E-state index is 0.104. The number of anilines is 3. The van der Waals surface area contributed by atoms with Crippen molar-refractivity contribution >= 4 is 34.0 Å². The van der Waals surface area contributed by atoms with Crippen molar-refractivity contribution in [3.05, 3.63) is 54.5 Å². The van der Waals surface area contributed by atoms with Crippen LogP contribution in [0.1, 0.15) is 39.3 Å². The minimum absolute atomic E-state index is 0.104. The van der Waals surface area contributed by atoms with Gasteiger partial charge in [0.1, 0.15) is 11.5 Å². The molecule has 7 nitrogen and oxygen atoms in total. The van der Waals surface area contributed by atoms with Crippen LogP contribution in [0.5, 0.6) is 0 Å². The Morgan fingerprint density at radius 1 is 1.03 bits per heavy atom. The lowest BCUT2D eigenvalue weighted by molar-refractivity contribution is 0.353. The molecule has 5 heterocycles. The van der Waals surface area contributed by atoms with Gasteiger partial charge in [0.05, 0.1) is 11.9 Å². The summed E-state index contributed by atoms with van der Waals surface area (Å²) in [7, 11) is 0. The van der Waals surface area contributed by atoms with Crippen LogP contribution in [0.2, 0.25) is 0 Å². The van der Waals surface area contributed by atoms with Crippen molar-refractivity contribution in [3.8, 4) is 0 Å². The standard InChI is InChI=1S/C24H29N7/c1-16(2)20-9-7-18-6-5-17-13-26-23(29-22(17)31(18)20)28-21-10-8-19(14-25-21)30-12-11-27-24(3,4)15-30/h5-10,13-14,16,27H,11-12,15H2,1-4H3,(H,25,26,28,29). The number of rotatable bonds is 4. The van der Waals surface area contributed by atoms with Crippen molar-refractivity contribution in [1.29, 1.82) is 0 Å². The first kappa shape index (κ1) is 19.8. The Labute approximate surface area is 182 Å². The quantitative estimate of drug-likeness (QED) is 0.517. The summed E-state index contributed by atoms with van der Waals surface area (Å²) in [6.07, 6.45) is 3.79. The van der Waals surface area contributed by atoms with E-state index in [0.29, 0.717) is 11.9 Å². The molecule has 0 aliphatic carbocycles. The van der Waals surface area contributed by atoms with E-state index in [1.807, 2.05) is 18.5 Å². The zero-order valence-corrected chi connectivity index (χ0v) is 18.6. The number of pyridine rings is 2. The van der Waals surface area contributed by atoms with E-state index in [4.69, 9.17) is 4.98 Å². The summed E-state index contributed by atoms with van der Waals surface area (Å²) < 4.78 is 2.22. The second-order valence-electron chi connectivity index (χ2n) is 9.24. The molecule has 0 aromatic carbocycles. The highest BCUT2D eigenvalue weighted by Crippen LogP contribution is 2.25. The van der Waals surface area contributed by atoms with Crippen molar-refractivity contribution < 1.29 is 0 Å². The van der Waals surface area contributed by atoms with Crippen LogP contribution in [0.3, 0.4) is 0 Å². The molecule has 160 valence electrons. The summed E-state index contributed by atoms with van der Waals surface area (Å²) in [6.45, 7) is 11.8. The monoisotopic (exact) mass is 415 g/mol. The first-order valence-electron chi connectivity index (χ1n) is 10.9. The Hall–Kier alpha value is -3.19. The van der Waals surface area contributed by atoms with Gasteiger partial charge >= 0.3 is 0 Å².